The maximum absolute atomic E-state index is 13.5. The average Bonchev–Trinajstić information content (AvgIpc) is 3.27. The minimum absolute atomic E-state index is 0.0557. The molecule has 8 nitrogen and oxygen atoms in total. The predicted octanol–water partition coefficient (Wildman–Crippen LogP) is 2.73. The topological polar surface area (TPSA) is 90.0 Å². The molecule has 1 N–H and O–H groups in total. The van der Waals surface area contributed by atoms with Crippen LogP contribution in [0.4, 0.5) is 4.79 Å². The molecule has 0 atom stereocenters. The highest BCUT2D eigenvalue weighted by molar-refractivity contribution is 7.89. The normalized spacial score (nSPS) is 22.4. The number of rotatable bonds is 4. The molecule has 1 aliphatic carbocycles. The Hall–Kier alpha value is -1.97. The number of sulfonamides is 1. The lowest BCUT2D eigenvalue weighted by Gasteiger charge is -2.36. The molecule has 1 saturated carbocycles. The summed E-state index contributed by atoms with van der Waals surface area (Å²) in [4.78, 5) is 29.0. The van der Waals surface area contributed by atoms with Crippen LogP contribution in [-0.2, 0) is 20.2 Å². The summed E-state index contributed by atoms with van der Waals surface area (Å²) in [6, 6.07) is 3.63. The van der Waals surface area contributed by atoms with Crippen molar-refractivity contribution in [3.05, 3.63) is 28.8 Å². The average molecular weight is 477 g/mol. The van der Waals surface area contributed by atoms with Gasteiger partial charge in [-0.3, -0.25) is 9.69 Å². The fraction of sp³-hybridized carbons (Fsp3) is 0.667. The second-order valence-corrected chi connectivity index (χ2v) is 12.7. The van der Waals surface area contributed by atoms with E-state index >= 15 is 0 Å². The first-order valence-electron chi connectivity index (χ1n) is 11.8. The minimum atomic E-state index is -3.63. The molecular formula is C24H36N4O4S. The van der Waals surface area contributed by atoms with Crippen LogP contribution >= 0.6 is 0 Å². The molecule has 1 aromatic carbocycles. The van der Waals surface area contributed by atoms with Crippen molar-refractivity contribution in [2.75, 3.05) is 32.8 Å². The molecule has 2 heterocycles. The molecule has 2 aliphatic heterocycles. The van der Waals surface area contributed by atoms with Gasteiger partial charge in [-0.25, -0.2) is 18.1 Å². The molecular weight excluding hydrogens is 440 g/mol. The van der Waals surface area contributed by atoms with E-state index in [0.717, 1.165) is 29.5 Å². The van der Waals surface area contributed by atoms with Crippen molar-refractivity contribution in [1.82, 2.24) is 19.4 Å². The van der Waals surface area contributed by atoms with Gasteiger partial charge in [-0.05, 0) is 48.8 Å². The van der Waals surface area contributed by atoms with E-state index in [0.29, 0.717) is 43.9 Å². The molecule has 4 rings (SSSR count). The van der Waals surface area contributed by atoms with E-state index < -0.39 is 15.6 Å². The van der Waals surface area contributed by atoms with E-state index in [1.165, 1.54) is 9.21 Å². The summed E-state index contributed by atoms with van der Waals surface area (Å²) in [5.74, 6) is -0.134. The summed E-state index contributed by atoms with van der Waals surface area (Å²) >= 11 is 0. The van der Waals surface area contributed by atoms with Crippen LogP contribution in [0.3, 0.4) is 0 Å². The van der Waals surface area contributed by atoms with Crippen molar-refractivity contribution in [1.29, 1.82) is 0 Å². The van der Waals surface area contributed by atoms with Crippen LogP contribution in [0.5, 0.6) is 0 Å². The summed E-state index contributed by atoms with van der Waals surface area (Å²) in [6.45, 7) is 11.9. The molecule has 9 heteroatoms. The largest absolute Gasteiger partial charge is 0.326 e. The van der Waals surface area contributed by atoms with Gasteiger partial charge in [0, 0.05) is 26.2 Å². The maximum Gasteiger partial charge on any atom is 0.326 e. The van der Waals surface area contributed by atoms with E-state index in [4.69, 9.17) is 0 Å². The number of aryl methyl sites for hydroxylation is 2. The van der Waals surface area contributed by atoms with Crippen molar-refractivity contribution in [3.63, 3.8) is 0 Å². The number of carbonyl (C=O) groups excluding carboxylic acids is 2. The lowest BCUT2D eigenvalue weighted by molar-refractivity contribution is -0.132. The highest BCUT2D eigenvalue weighted by Crippen LogP contribution is 2.35. The number of imide groups is 1. The molecule has 0 unspecified atom stereocenters. The van der Waals surface area contributed by atoms with Gasteiger partial charge in [-0.1, -0.05) is 45.7 Å². The molecule has 33 heavy (non-hydrogen) atoms. The van der Waals surface area contributed by atoms with Crippen LogP contribution < -0.4 is 5.32 Å². The molecule has 1 spiro atoms. The molecule has 3 amide bonds. The molecule has 182 valence electrons. The van der Waals surface area contributed by atoms with Gasteiger partial charge < -0.3 is 5.32 Å². The van der Waals surface area contributed by atoms with Crippen molar-refractivity contribution in [2.45, 2.75) is 76.2 Å². The predicted molar refractivity (Wildman–Crippen MR) is 126 cm³/mol. The first-order valence-corrected chi connectivity index (χ1v) is 13.3. The zero-order chi connectivity index (χ0) is 24.2. The Balaban J connectivity index is 1.44. The molecule has 3 aliphatic rings. The zero-order valence-corrected chi connectivity index (χ0v) is 21.2. The van der Waals surface area contributed by atoms with Crippen molar-refractivity contribution in [3.8, 4) is 0 Å². The first-order chi connectivity index (χ1) is 15.3. The van der Waals surface area contributed by atoms with Gasteiger partial charge in [0.1, 0.15) is 5.54 Å². The highest BCUT2D eigenvalue weighted by Gasteiger charge is 2.52. The van der Waals surface area contributed by atoms with Gasteiger partial charge >= 0.3 is 6.03 Å². The summed E-state index contributed by atoms with van der Waals surface area (Å²) in [6.07, 6.45) is 3.30. The highest BCUT2D eigenvalue weighted by atomic mass is 32.2. The van der Waals surface area contributed by atoms with E-state index in [-0.39, 0.29) is 24.0 Å². The van der Waals surface area contributed by atoms with Crippen LogP contribution in [0.15, 0.2) is 17.0 Å². The van der Waals surface area contributed by atoms with E-state index in [1.54, 1.807) is 0 Å². The number of nitrogens with zero attached hydrogens (tertiary/aromatic N) is 3. The lowest BCUT2D eigenvalue weighted by atomic mass is 9.85. The fourth-order valence-electron chi connectivity index (χ4n) is 5.35. The first kappa shape index (κ1) is 24.2. The third-order valence-corrected chi connectivity index (χ3v) is 9.50. The Morgan fingerprint density at radius 1 is 0.970 bits per heavy atom. The Bertz CT molecular complexity index is 1040. The van der Waals surface area contributed by atoms with E-state index in [1.807, 2.05) is 30.9 Å². The quantitative estimate of drug-likeness (QED) is 0.675. The van der Waals surface area contributed by atoms with Gasteiger partial charge in [-0.15, -0.1) is 0 Å². The van der Waals surface area contributed by atoms with Crippen LogP contribution in [0.1, 0.15) is 63.1 Å². The van der Waals surface area contributed by atoms with Crippen molar-refractivity contribution in [2.24, 2.45) is 0 Å². The minimum Gasteiger partial charge on any atom is -0.323 e. The number of hydrogen-bond donors (Lipinski definition) is 1. The molecule has 3 fully saturated rings. The Labute approximate surface area is 197 Å². The second kappa shape index (κ2) is 8.36. The number of benzene rings is 1. The molecule has 2 saturated heterocycles. The number of piperazine rings is 1. The number of urea groups is 1. The van der Waals surface area contributed by atoms with E-state index in [2.05, 4.69) is 26.1 Å². The second-order valence-electron chi connectivity index (χ2n) is 10.8. The van der Waals surface area contributed by atoms with Crippen LogP contribution in [0, 0.1) is 13.8 Å². The van der Waals surface area contributed by atoms with Gasteiger partial charge in [0.25, 0.3) is 5.91 Å². The van der Waals surface area contributed by atoms with Gasteiger partial charge in [0.2, 0.25) is 10.0 Å². The van der Waals surface area contributed by atoms with Crippen molar-refractivity contribution >= 4 is 22.0 Å². The van der Waals surface area contributed by atoms with Crippen LogP contribution in [0.25, 0.3) is 0 Å². The SMILES string of the molecule is Cc1cc(C(C)(C)C)cc(C)c1S(=O)(=O)N1CCN(CN2C(=O)NC3(CCCC3)C2=O)CC1. The molecule has 0 aromatic heterocycles. The van der Waals surface area contributed by atoms with Crippen molar-refractivity contribution < 1.29 is 18.0 Å². The maximum atomic E-state index is 13.5. The Morgan fingerprint density at radius 2 is 1.52 bits per heavy atom. The molecule has 0 bridgehead atoms. The van der Waals surface area contributed by atoms with Crippen LogP contribution in [-0.4, -0.2) is 72.8 Å². The summed E-state index contributed by atoms with van der Waals surface area (Å²) < 4.78 is 28.5. The molecule has 0 radical (unpaired) electrons. The summed E-state index contributed by atoms with van der Waals surface area (Å²) in [5, 5.41) is 2.91. The van der Waals surface area contributed by atoms with Gasteiger partial charge in [0.15, 0.2) is 0 Å². The number of hydrogen-bond acceptors (Lipinski definition) is 5. The third kappa shape index (κ3) is 4.31. The summed E-state index contributed by atoms with van der Waals surface area (Å²) in [5.41, 5.74) is 1.89. The zero-order valence-electron chi connectivity index (χ0n) is 20.4. The number of nitrogens with one attached hydrogen (secondary N) is 1. The Morgan fingerprint density at radius 3 is 2.03 bits per heavy atom. The smallest absolute Gasteiger partial charge is 0.323 e. The Kier molecular flexibility index (Phi) is 6.12. The van der Waals surface area contributed by atoms with Gasteiger partial charge in [-0.2, -0.15) is 4.31 Å². The standard InChI is InChI=1S/C24H36N4O4S/c1-17-14-19(23(3,4)5)15-18(2)20(17)33(31,32)27-12-10-26(11-13-27)16-28-21(29)24(25-22(28)30)8-6-7-9-24/h14-15H,6-13,16H2,1-5H3,(H,25,30). The molecule has 1 aromatic rings. The van der Waals surface area contributed by atoms with Gasteiger partial charge in [0.05, 0.1) is 11.6 Å². The summed E-state index contributed by atoms with van der Waals surface area (Å²) in [7, 11) is -3.63. The number of amides is 3. The van der Waals surface area contributed by atoms with Crippen LogP contribution in [0.2, 0.25) is 0 Å². The monoisotopic (exact) mass is 476 g/mol. The third-order valence-electron chi connectivity index (χ3n) is 7.30. The fourth-order valence-corrected chi connectivity index (χ4v) is 7.19. The number of carbonyl (C=O) groups is 2. The van der Waals surface area contributed by atoms with E-state index in [9.17, 15) is 18.0 Å². The lowest BCUT2D eigenvalue weighted by Crippen LogP contribution is -2.53.